The summed E-state index contributed by atoms with van der Waals surface area (Å²) in [5.74, 6) is 0.359. The number of phenols is 1. The van der Waals surface area contributed by atoms with E-state index >= 15 is 0 Å². The number of nitrogens with zero attached hydrogens (tertiary/aromatic N) is 1. The number of nitrogens with one attached hydrogen (secondary N) is 1. The molecular formula is C11H16N2O. The van der Waals surface area contributed by atoms with Crippen molar-refractivity contribution in [2.45, 2.75) is 6.54 Å². The van der Waals surface area contributed by atoms with Crippen molar-refractivity contribution in [3.05, 3.63) is 29.8 Å². The largest absolute Gasteiger partial charge is 0.508 e. The zero-order valence-electron chi connectivity index (χ0n) is 8.24. The highest BCUT2D eigenvalue weighted by Crippen LogP contribution is 2.12. The molecule has 3 heteroatoms. The maximum atomic E-state index is 9.31. The molecule has 3 nitrogen and oxygen atoms in total. The molecule has 1 fully saturated rings. The van der Waals surface area contributed by atoms with Crippen molar-refractivity contribution in [3.8, 4) is 5.75 Å². The molecule has 2 N–H and O–H groups in total. The summed E-state index contributed by atoms with van der Waals surface area (Å²) in [6, 6.07) is 7.50. The van der Waals surface area contributed by atoms with E-state index in [0.29, 0.717) is 5.75 Å². The molecule has 0 spiro atoms. The lowest BCUT2D eigenvalue weighted by molar-refractivity contribution is 0.233. The van der Waals surface area contributed by atoms with Crippen molar-refractivity contribution < 1.29 is 5.11 Å². The van der Waals surface area contributed by atoms with Crippen LogP contribution in [0.25, 0.3) is 0 Å². The van der Waals surface area contributed by atoms with Gasteiger partial charge in [-0.15, -0.1) is 0 Å². The maximum Gasteiger partial charge on any atom is 0.115 e. The molecule has 0 atom stereocenters. The van der Waals surface area contributed by atoms with Gasteiger partial charge in [0.2, 0.25) is 0 Å². The summed E-state index contributed by atoms with van der Waals surface area (Å²) in [5.41, 5.74) is 1.19. The summed E-state index contributed by atoms with van der Waals surface area (Å²) in [7, 11) is 0. The molecule has 1 aliphatic heterocycles. The average molecular weight is 192 g/mol. The van der Waals surface area contributed by atoms with E-state index in [0.717, 1.165) is 32.7 Å². The molecule has 0 aromatic heterocycles. The van der Waals surface area contributed by atoms with Gasteiger partial charge in [0.25, 0.3) is 0 Å². The first-order valence-corrected chi connectivity index (χ1v) is 5.05. The Morgan fingerprint density at radius 3 is 2.79 bits per heavy atom. The monoisotopic (exact) mass is 192 g/mol. The third-order valence-electron chi connectivity index (χ3n) is 2.53. The lowest BCUT2D eigenvalue weighted by Gasteiger charge is -2.27. The average Bonchev–Trinajstić information content (AvgIpc) is 2.19. The van der Waals surface area contributed by atoms with Crippen LogP contribution in [0.15, 0.2) is 24.3 Å². The van der Waals surface area contributed by atoms with E-state index < -0.39 is 0 Å². The molecule has 1 aliphatic rings. The second-order valence-corrected chi connectivity index (χ2v) is 3.70. The number of hydrogen-bond acceptors (Lipinski definition) is 3. The second-order valence-electron chi connectivity index (χ2n) is 3.70. The second kappa shape index (κ2) is 4.44. The summed E-state index contributed by atoms with van der Waals surface area (Å²) in [5, 5.41) is 12.6. The van der Waals surface area contributed by atoms with E-state index in [9.17, 15) is 5.11 Å². The molecule has 76 valence electrons. The summed E-state index contributed by atoms with van der Waals surface area (Å²) in [6.07, 6.45) is 0. The molecule has 14 heavy (non-hydrogen) atoms. The molecule has 0 radical (unpaired) electrons. The van der Waals surface area contributed by atoms with Gasteiger partial charge >= 0.3 is 0 Å². The third kappa shape index (κ3) is 2.47. The predicted octanol–water partition coefficient (Wildman–Crippen LogP) is 0.797. The number of aromatic hydroxyl groups is 1. The van der Waals surface area contributed by atoms with Crippen LogP contribution in [0, 0.1) is 0 Å². The van der Waals surface area contributed by atoms with Gasteiger partial charge in [0.1, 0.15) is 5.75 Å². The Kier molecular flexibility index (Phi) is 3.01. The van der Waals surface area contributed by atoms with Crippen LogP contribution in [0.5, 0.6) is 5.75 Å². The zero-order valence-corrected chi connectivity index (χ0v) is 8.24. The normalized spacial score (nSPS) is 18.3. The first-order valence-electron chi connectivity index (χ1n) is 5.05. The van der Waals surface area contributed by atoms with Crippen LogP contribution in [0.1, 0.15) is 5.56 Å². The van der Waals surface area contributed by atoms with Gasteiger partial charge in [-0.1, -0.05) is 12.1 Å². The van der Waals surface area contributed by atoms with Crippen molar-refractivity contribution in [2.75, 3.05) is 26.2 Å². The number of piperazine rings is 1. The summed E-state index contributed by atoms with van der Waals surface area (Å²) >= 11 is 0. The fourth-order valence-electron chi connectivity index (χ4n) is 1.78. The van der Waals surface area contributed by atoms with E-state index in [-0.39, 0.29) is 0 Å². The standard InChI is InChI=1S/C11H16N2O/c14-11-3-1-2-10(8-11)9-13-6-4-12-5-7-13/h1-3,8,12,14H,4-7,9H2. The highest BCUT2D eigenvalue weighted by molar-refractivity contribution is 5.26. The molecule has 1 aromatic carbocycles. The van der Waals surface area contributed by atoms with Crippen molar-refractivity contribution in [2.24, 2.45) is 0 Å². The molecule has 2 rings (SSSR count). The smallest absolute Gasteiger partial charge is 0.115 e. The minimum Gasteiger partial charge on any atom is -0.508 e. The maximum absolute atomic E-state index is 9.31. The van der Waals surface area contributed by atoms with E-state index in [1.165, 1.54) is 5.56 Å². The number of benzene rings is 1. The molecule has 0 unspecified atom stereocenters. The van der Waals surface area contributed by atoms with Crippen molar-refractivity contribution in [1.82, 2.24) is 10.2 Å². The molecular weight excluding hydrogens is 176 g/mol. The molecule has 0 bridgehead atoms. The summed E-state index contributed by atoms with van der Waals surface area (Å²) in [4.78, 5) is 2.39. The summed E-state index contributed by atoms with van der Waals surface area (Å²) in [6.45, 7) is 5.26. The van der Waals surface area contributed by atoms with Gasteiger partial charge in [0, 0.05) is 32.7 Å². The first kappa shape index (κ1) is 9.49. The van der Waals surface area contributed by atoms with Gasteiger partial charge in [-0.3, -0.25) is 4.90 Å². The van der Waals surface area contributed by atoms with Crippen molar-refractivity contribution >= 4 is 0 Å². The van der Waals surface area contributed by atoms with Gasteiger partial charge in [-0.05, 0) is 17.7 Å². The summed E-state index contributed by atoms with van der Waals surface area (Å²) < 4.78 is 0. The van der Waals surface area contributed by atoms with Crippen molar-refractivity contribution in [1.29, 1.82) is 0 Å². The third-order valence-corrected chi connectivity index (χ3v) is 2.53. The minimum atomic E-state index is 0.359. The Morgan fingerprint density at radius 2 is 2.07 bits per heavy atom. The predicted molar refractivity (Wildman–Crippen MR) is 56.3 cm³/mol. The van der Waals surface area contributed by atoms with E-state index in [2.05, 4.69) is 16.3 Å². The Balaban J connectivity index is 1.95. The van der Waals surface area contributed by atoms with Gasteiger partial charge < -0.3 is 10.4 Å². The quantitative estimate of drug-likeness (QED) is 0.727. The van der Waals surface area contributed by atoms with Crippen LogP contribution in [0.2, 0.25) is 0 Å². The highest BCUT2D eigenvalue weighted by Gasteiger charge is 2.09. The number of hydrogen-bond donors (Lipinski definition) is 2. The van der Waals surface area contributed by atoms with Gasteiger partial charge in [-0.2, -0.15) is 0 Å². The zero-order chi connectivity index (χ0) is 9.80. The Labute approximate surface area is 84.4 Å². The molecule has 0 saturated carbocycles. The molecule has 1 heterocycles. The van der Waals surface area contributed by atoms with E-state index in [4.69, 9.17) is 0 Å². The fourth-order valence-corrected chi connectivity index (χ4v) is 1.78. The highest BCUT2D eigenvalue weighted by atomic mass is 16.3. The fraction of sp³-hybridized carbons (Fsp3) is 0.455. The Bertz CT molecular complexity index is 295. The molecule has 0 amide bonds. The van der Waals surface area contributed by atoms with Crippen LogP contribution < -0.4 is 5.32 Å². The van der Waals surface area contributed by atoms with E-state index in [1.807, 2.05) is 12.1 Å². The van der Waals surface area contributed by atoms with Gasteiger partial charge in [0.15, 0.2) is 0 Å². The van der Waals surface area contributed by atoms with Gasteiger partial charge in [-0.25, -0.2) is 0 Å². The van der Waals surface area contributed by atoms with Crippen LogP contribution in [0.3, 0.4) is 0 Å². The Hall–Kier alpha value is -1.06. The lowest BCUT2D eigenvalue weighted by atomic mass is 10.2. The van der Waals surface area contributed by atoms with E-state index in [1.54, 1.807) is 6.07 Å². The lowest BCUT2D eigenvalue weighted by Crippen LogP contribution is -2.42. The van der Waals surface area contributed by atoms with Crippen LogP contribution in [0.4, 0.5) is 0 Å². The minimum absolute atomic E-state index is 0.359. The Morgan fingerprint density at radius 1 is 1.29 bits per heavy atom. The van der Waals surface area contributed by atoms with Gasteiger partial charge in [0.05, 0.1) is 0 Å². The molecule has 1 saturated heterocycles. The SMILES string of the molecule is Oc1cccc(CN2CCNCC2)c1. The number of phenolic OH excluding ortho intramolecular Hbond substituents is 1. The van der Waals surface area contributed by atoms with Crippen LogP contribution in [-0.4, -0.2) is 36.2 Å². The number of rotatable bonds is 2. The topological polar surface area (TPSA) is 35.5 Å². The molecule has 0 aliphatic carbocycles. The molecule has 1 aromatic rings. The van der Waals surface area contributed by atoms with Crippen LogP contribution >= 0.6 is 0 Å². The van der Waals surface area contributed by atoms with Crippen molar-refractivity contribution in [3.63, 3.8) is 0 Å². The first-order chi connectivity index (χ1) is 6.84. The van der Waals surface area contributed by atoms with Crippen LogP contribution in [-0.2, 0) is 6.54 Å².